The van der Waals surface area contributed by atoms with Gasteiger partial charge in [-0.05, 0) is 60.2 Å². The first-order valence-corrected chi connectivity index (χ1v) is 11.6. The fourth-order valence-corrected chi connectivity index (χ4v) is 4.09. The van der Waals surface area contributed by atoms with Crippen molar-refractivity contribution >= 4 is 44.8 Å². The number of methoxy groups -OCH3 is 1. The molecule has 0 unspecified atom stereocenters. The zero-order valence-corrected chi connectivity index (χ0v) is 19.3. The van der Waals surface area contributed by atoms with E-state index in [4.69, 9.17) is 32.7 Å². The van der Waals surface area contributed by atoms with E-state index in [9.17, 15) is 13.2 Å². The van der Waals surface area contributed by atoms with Gasteiger partial charge in [-0.15, -0.1) is 0 Å². The van der Waals surface area contributed by atoms with Gasteiger partial charge in [0.2, 0.25) is 0 Å². The summed E-state index contributed by atoms with van der Waals surface area (Å²) < 4.78 is 38.1. The van der Waals surface area contributed by atoms with Gasteiger partial charge in [0.05, 0.1) is 22.7 Å². The van der Waals surface area contributed by atoms with Gasteiger partial charge in [0, 0.05) is 11.6 Å². The maximum Gasteiger partial charge on any atom is 0.261 e. The van der Waals surface area contributed by atoms with Gasteiger partial charge in [-0.1, -0.05) is 35.3 Å². The van der Waals surface area contributed by atoms with Gasteiger partial charge in [0.15, 0.2) is 6.61 Å². The molecule has 168 valence electrons. The van der Waals surface area contributed by atoms with Crippen LogP contribution in [-0.4, -0.2) is 28.0 Å². The van der Waals surface area contributed by atoms with Crippen molar-refractivity contribution in [3.05, 3.63) is 82.3 Å². The normalized spacial score (nSPS) is 11.0. The summed E-state index contributed by atoms with van der Waals surface area (Å²) in [5.74, 6) is 0.487. The molecule has 3 aromatic rings. The van der Waals surface area contributed by atoms with Gasteiger partial charge < -0.3 is 14.8 Å². The predicted octanol–water partition coefficient (Wildman–Crippen LogP) is 4.50. The van der Waals surface area contributed by atoms with E-state index in [1.165, 1.54) is 37.4 Å². The molecule has 3 rings (SSSR count). The van der Waals surface area contributed by atoms with Gasteiger partial charge in [0.1, 0.15) is 11.5 Å². The highest BCUT2D eigenvalue weighted by Crippen LogP contribution is 2.28. The topological polar surface area (TPSA) is 93.7 Å². The van der Waals surface area contributed by atoms with Crippen molar-refractivity contribution in [3.8, 4) is 11.5 Å². The number of nitrogens with one attached hydrogen (secondary N) is 2. The molecule has 0 radical (unpaired) electrons. The third kappa shape index (κ3) is 6.53. The van der Waals surface area contributed by atoms with Crippen molar-refractivity contribution in [2.75, 3.05) is 18.4 Å². The first kappa shape index (κ1) is 23.7. The van der Waals surface area contributed by atoms with Crippen molar-refractivity contribution in [3.63, 3.8) is 0 Å². The molecule has 3 aromatic carbocycles. The first-order valence-electron chi connectivity index (χ1n) is 9.37. The first-order chi connectivity index (χ1) is 15.3. The lowest BCUT2D eigenvalue weighted by molar-refractivity contribution is -0.123. The lowest BCUT2D eigenvalue weighted by Crippen LogP contribution is -2.28. The number of hydrogen-bond donors (Lipinski definition) is 2. The van der Waals surface area contributed by atoms with E-state index in [-0.39, 0.29) is 22.4 Å². The Labute approximate surface area is 196 Å². The molecule has 10 heteroatoms. The molecule has 7 nitrogen and oxygen atoms in total. The summed E-state index contributed by atoms with van der Waals surface area (Å²) in [4.78, 5) is 12.0. The summed E-state index contributed by atoms with van der Waals surface area (Å²) in [6.07, 6.45) is 0. The van der Waals surface area contributed by atoms with Crippen LogP contribution in [0.1, 0.15) is 5.56 Å². The van der Waals surface area contributed by atoms with Crippen LogP contribution in [0.5, 0.6) is 11.5 Å². The number of sulfonamides is 1. The minimum Gasteiger partial charge on any atom is -0.495 e. The van der Waals surface area contributed by atoms with Gasteiger partial charge in [-0.25, -0.2) is 8.42 Å². The second-order valence-corrected chi connectivity index (χ2v) is 9.14. The largest absolute Gasteiger partial charge is 0.495 e. The molecule has 0 saturated heterocycles. The maximum absolute atomic E-state index is 12.6. The van der Waals surface area contributed by atoms with E-state index in [0.717, 1.165) is 5.56 Å². The average molecular weight is 495 g/mol. The average Bonchev–Trinajstić information content (AvgIpc) is 2.77. The molecule has 0 saturated carbocycles. The second-order valence-electron chi connectivity index (χ2n) is 6.62. The highest BCUT2D eigenvalue weighted by molar-refractivity contribution is 7.92. The summed E-state index contributed by atoms with van der Waals surface area (Å²) in [6, 6.07) is 17.4. The minimum absolute atomic E-state index is 0.0315. The van der Waals surface area contributed by atoms with E-state index in [1.54, 1.807) is 24.3 Å². The van der Waals surface area contributed by atoms with Crippen LogP contribution >= 0.6 is 23.2 Å². The van der Waals surface area contributed by atoms with Gasteiger partial charge >= 0.3 is 0 Å². The van der Waals surface area contributed by atoms with Gasteiger partial charge in [-0.3, -0.25) is 9.52 Å². The minimum atomic E-state index is -3.83. The van der Waals surface area contributed by atoms with E-state index >= 15 is 0 Å². The lowest BCUT2D eigenvalue weighted by Gasteiger charge is -2.11. The summed E-state index contributed by atoms with van der Waals surface area (Å²) in [5, 5.41) is 3.64. The van der Waals surface area contributed by atoms with Gasteiger partial charge in [-0.2, -0.15) is 0 Å². The molecule has 0 aromatic heterocycles. The van der Waals surface area contributed by atoms with Crippen molar-refractivity contribution in [2.24, 2.45) is 0 Å². The van der Waals surface area contributed by atoms with Crippen LogP contribution in [0.2, 0.25) is 10.0 Å². The zero-order chi connectivity index (χ0) is 23.1. The predicted molar refractivity (Wildman–Crippen MR) is 124 cm³/mol. The highest BCUT2D eigenvalue weighted by Gasteiger charge is 2.15. The molecule has 1 amide bonds. The van der Waals surface area contributed by atoms with E-state index in [1.807, 2.05) is 12.1 Å². The molecule has 0 aliphatic rings. The Kier molecular flexibility index (Phi) is 7.84. The Hall–Kier alpha value is -2.94. The molecule has 0 aliphatic heterocycles. The Morgan fingerprint density at radius 1 is 0.969 bits per heavy atom. The Bertz CT molecular complexity index is 1180. The van der Waals surface area contributed by atoms with Crippen LogP contribution in [0.4, 0.5) is 5.69 Å². The number of rotatable bonds is 9. The Balaban J connectivity index is 1.53. The number of anilines is 1. The molecule has 32 heavy (non-hydrogen) atoms. The molecule has 0 bridgehead atoms. The van der Waals surface area contributed by atoms with Crippen LogP contribution in [-0.2, 0) is 21.4 Å². The number of amides is 1. The molecule has 0 spiro atoms. The number of hydrogen-bond acceptors (Lipinski definition) is 5. The molecule has 0 fully saturated rings. The van der Waals surface area contributed by atoms with Crippen molar-refractivity contribution < 1.29 is 22.7 Å². The maximum atomic E-state index is 12.6. The molecule has 0 aliphatic carbocycles. The number of benzene rings is 3. The van der Waals surface area contributed by atoms with Crippen LogP contribution in [0.3, 0.4) is 0 Å². The fourth-order valence-electron chi connectivity index (χ4n) is 2.66. The van der Waals surface area contributed by atoms with Crippen LogP contribution in [0.15, 0.2) is 71.6 Å². The van der Waals surface area contributed by atoms with Crippen molar-refractivity contribution in [1.82, 2.24) is 5.32 Å². The molecule has 0 atom stereocenters. The summed E-state index contributed by atoms with van der Waals surface area (Å²) in [6.45, 7) is 0.139. The number of carbonyl (C=O) groups excluding carboxylic acids is 1. The summed E-state index contributed by atoms with van der Waals surface area (Å²) in [7, 11) is -2.36. The van der Waals surface area contributed by atoms with Gasteiger partial charge in [0.25, 0.3) is 15.9 Å². The SMILES string of the molecule is COc1ccc(NS(=O)(=O)c2ccc(OCC(=O)NCc3ccc(Cl)cc3)cc2)cc1Cl. The number of carbonyl (C=O) groups is 1. The molecule has 0 heterocycles. The van der Waals surface area contributed by atoms with Crippen molar-refractivity contribution in [2.45, 2.75) is 11.4 Å². The summed E-state index contributed by atoms with van der Waals surface area (Å²) in [5.41, 5.74) is 1.21. The number of halogens is 2. The van der Waals surface area contributed by atoms with E-state index < -0.39 is 10.0 Å². The number of ether oxygens (including phenoxy) is 2. The standard InChI is InChI=1S/C22H20Cl2N2O5S/c1-30-21-11-6-17(12-20(21)24)26-32(28,29)19-9-7-18(8-10-19)31-14-22(27)25-13-15-2-4-16(23)5-3-15/h2-12,26H,13-14H2,1H3,(H,25,27). The Morgan fingerprint density at radius 2 is 1.66 bits per heavy atom. The Morgan fingerprint density at radius 3 is 2.28 bits per heavy atom. The third-order valence-electron chi connectivity index (χ3n) is 4.31. The van der Waals surface area contributed by atoms with E-state index in [2.05, 4.69) is 10.0 Å². The molecular weight excluding hydrogens is 475 g/mol. The zero-order valence-electron chi connectivity index (χ0n) is 17.0. The molecular formula is C22H20Cl2N2O5S. The van der Waals surface area contributed by atoms with E-state index in [0.29, 0.717) is 28.8 Å². The third-order valence-corrected chi connectivity index (χ3v) is 6.26. The highest BCUT2D eigenvalue weighted by atomic mass is 35.5. The van der Waals surface area contributed by atoms with Crippen LogP contribution in [0, 0.1) is 0 Å². The summed E-state index contributed by atoms with van der Waals surface area (Å²) >= 11 is 11.9. The van der Waals surface area contributed by atoms with Crippen LogP contribution < -0.4 is 19.5 Å². The van der Waals surface area contributed by atoms with Crippen molar-refractivity contribution in [1.29, 1.82) is 0 Å². The lowest BCUT2D eigenvalue weighted by atomic mass is 10.2. The molecule has 2 N–H and O–H groups in total. The van der Waals surface area contributed by atoms with Crippen LogP contribution in [0.25, 0.3) is 0 Å². The smallest absolute Gasteiger partial charge is 0.261 e. The second kappa shape index (κ2) is 10.6. The monoisotopic (exact) mass is 494 g/mol. The fraction of sp³-hybridized carbons (Fsp3) is 0.136. The quantitative estimate of drug-likeness (QED) is 0.456.